The Kier molecular flexibility index (Phi) is 2.53. The van der Waals surface area contributed by atoms with Crippen LogP contribution in [0.25, 0.3) is 6.08 Å². The Bertz CT molecular complexity index is 303. The lowest BCUT2D eigenvalue weighted by Crippen LogP contribution is -2.00. The molecule has 62 valence electrons. The summed E-state index contributed by atoms with van der Waals surface area (Å²) in [6.07, 6.45) is 6.21. The highest BCUT2D eigenvalue weighted by molar-refractivity contribution is 5.84. The van der Waals surface area contributed by atoms with Crippen molar-refractivity contribution in [2.45, 2.75) is 6.92 Å². The minimum Gasteiger partial charge on any atom is -0.476 e. The number of carboxylic acids is 1. The molecule has 1 aromatic rings. The van der Waals surface area contributed by atoms with E-state index >= 15 is 0 Å². The molecule has 0 saturated heterocycles. The van der Waals surface area contributed by atoms with E-state index < -0.39 is 5.97 Å². The van der Waals surface area contributed by atoms with Gasteiger partial charge in [0.1, 0.15) is 0 Å². The van der Waals surface area contributed by atoms with Gasteiger partial charge in [0, 0.05) is 0 Å². The summed E-state index contributed by atoms with van der Waals surface area (Å²) in [7, 11) is 0. The Morgan fingerprint density at radius 3 is 2.67 bits per heavy atom. The van der Waals surface area contributed by atoms with Gasteiger partial charge in [-0.05, 0) is 13.0 Å². The van der Waals surface area contributed by atoms with Crippen molar-refractivity contribution >= 4 is 12.0 Å². The summed E-state index contributed by atoms with van der Waals surface area (Å²) in [5.74, 6) is -1.06. The second kappa shape index (κ2) is 3.61. The van der Waals surface area contributed by atoms with Crippen LogP contribution in [0.3, 0.4) is 0 Å². The first kappa shape index (κ1) is 8.39. The number of aromatic nitrogens is 2. The van der Waals surface area contributed by atoms with Crippen LogP contribution in [0.1, 0.15) is 23.1 Å². The third-order valence-corrected chi connectivity index (χ3v) is 1.23. The first-order valence-corrected chi connectivity index (χ1v) is 3.42. The van der Waals surface area contributed by atoms with Crippen LogP contribution < -0.4 is 0 Å². The lowest BCUT2D eigenvalue weighted by molar-refractivity contribution is 0.0690. The zero-order valence-electron chi connectivity index (χ0n) is 6.56. The molecule has 0 spiro atoms. The van der Waals surface area contributed by atoms with Crippen LogP contribution >= 0.6 is 0 Å². The Morgan fingerprint density at radius 1 is 1.50 bits per heavy atom. The molecule has 0 saturated carbocycles. The number of carboxylic acid groups (broad SMARTS) is 1. The number of allylic oxidation sites excluding steroid dienone is 1. The minimum absolute atomic E-state index is 0.0387. The highest BCUT2D eigenvalue weighted by Gasteiger charge is 2.02. The van der Waals surface area contributed by atoms with E-state index in [-0.39, 0.29) is 5.69 Å². The van der Waals surface area contributed by atoms with Gasteiger partial charge in [0.15, 0.2) is 5.69 Å². The molecule has 0 amide bonds. The molecule has 0 aromatic carbocycles. The molecule has 4 nitrogen and oxygen atoms in total. The molecule has 0 aliphatic heterocycles. The van der Waals surface area contributed by atoms with Crippen molar-refractivity contribution in [1.82, 2.24) is 9.97 Å². The molecule has 1 aromatic heterocycles. The minimum atomic E-state index is -1.06. The second-order valence-corrected chi connectivity index (χ2v) is 2.13. The van der Waals surface area contributed by atoms with Crippen molar-refractivity contribution in [2.75, 3.05) is 0 Å². The van der Waals surface area contributed by atoms with Crippen molar-refractivity contribution in [2.24, 2.45) is 0 Å². The molecule has 1 rings (SSSR count). The molecule has 12 heavy (non-hydrogen) atoms. The highest BCUT2D eigenvalue weighted by atomic mass is 16.4. The predicted molar refractivity (Wildman–Crippen MR) is 43.7 cm³/mol. The van der Waals surface area contributed by atoms with E-state index in [1.807, 2.05) is 13.0 Å². The summed E-state index contributed by atoms with van der Waals surface area (Å²) in [6.45, 7) is 1.85. The number of aromatic carboxylic acids is 1. The molecule has 0 atom stereocenters. The van der Waals surface area contributed by atoms with E-state index in [9.17, 15) is 4.79 Å². The van der Waals surface area contributed by atoms with Gasteiger partial charge in [0.05, 0.1) is 18.1 Å². The molecule has 1 N–H and O–H groups in total. The van der Waals surface area contributed by atoms with Crippen LogP contribution in [0, 0.1) is 0 Å². The largest absolute Gasteiger partial charge is 0.476 e. The highest BCUT2D eigenvalue weighted by Crippen LogP contribution is 1.97. The van der Waals surface area contributed by atoms with Gasteiger partial charge in [-0.3, -0.25) is 4.98 Å². The van der Waals surface area contributed by atoms with Gasteiger partial charge in [-0.1, -0.05) is 6.08 Å². The first-order chi connectivity index (χ1) is 5.74. The predicted octanol–water partition coefficient (Wildman–Crippen LogP) is 1.21. The smallest absolute Gasteiger partial charge is 0.356 e. The molecule has 0 radical (unpaired) electrons. The first-order valence-electron chi connectivity index (χ1n) is 3.42. The lowest BCUT2D eigenvalue weighted by atomic mass is 10.4. The summed E-state index contributed by atoms with van der Waals surface area (Å²) in [4.78, 5) is 17.9. The average molecular weight is 164 g/mol. The van der Waals surface area contributed by atoms with Crippen LogP contribution in [0.15, 0.2) is 18.5 Å². The van der Waals surface area contributed by atoms with E-state index in [4.69, 9.17) is 5.11 Å². The molecule has 0 aliphatic carbocycles. The monoisotopic (exact) mass is 164 g/mol. The molecular formula is C8H8N2O2. The van der Waals surface area contributed by atoms with Gasteiger partial charge in [-0.25, -0.2) is 9.78 Å². The third-order valence-electron chi connectivity index (χ3n) is 1.23. The quantitative estimate of drug-likeness (QED) is 0.713. The van der Waals surface area contributed by atoms with E-state index in [1.165, 1.54) is 12.4 Å². The molecule has 0 unspecified atom stereocenters. The number of carbonyl (C=O) groups is 1. The van der Waals surface area contributed by atoms with E-state index in [0.29, 0.717) is 5.69 Å². The van der Waals surface area contributed by atoms with Crippen molar-refractivity contribution in [3.8, 4) is 0 Å². The van der Waals surface area contributed by atoms with Crippen molar-refractivity contribution in [1.29, 1.82) is 0 Å². The van der Waals surface area contributed by atoms with E-state index in [0.717, 1.165) is 0 Å². The van der Waals surface area contributed by atoms with Crippen LogP contribution in [0.5, 0.6) is 0 Å². The van der Waals surface area contributed by atoms with Crippen LogP contribution in [0.2, 0.25) is 0 Å². The Labute approximate surface area is 69.6 Å². The number of hydrogen-bond donors (Lipinski definition) is 1. The maximum absolute atomic E-state index is 10.3. The fourth-order valence-corrected chi connectivity index (χ4v) is 0.705. The zero-order valence-corrected chi connectivity index (χ0v) is 6.56. The van der Waals surface area contributed by atoms with Gasteiger partial charge >= 0.3 is 5.97 Å². The molecule has 4 heteroatoms. The second-order valence-electron chi connectivity index (χ2n) is 2.13. The van der Waals surface area contributed by atoms with Crippen LogP contribution in [-0.4, -0.2) is 21.0 Å². The summed E-state index contributed by atoms with van der Waals surface area (Å²) in [5, 5.41) is 8.49. The number of nitrogens with zero attached hydrogens (tertiary/aromatic N) is 2. The van der Waals surface area contributed by atoms with E-state index in [2.05, 4.69) is 9.97 Å². The maximum Gasteiger partial charge on any atom is 0.356 e. The van der Waals surface area contributed by atoms with Crippen molar-refractivity contribution in [3.63, 3.8) is 0 Å². The fourth-order valence-electron chi connectivity index (χ4n) is 0.705. The van der Waals surface area contributed by atoms with Gasteiger partial charge in [0.25, 0.3) is 0 Å². The number of hydrogen-bond acceptors (Lipinski definition) is 3. The molecule has 1 heterocycles. The standard InChI is InChI=1S/C8H8N2O2/c1-2-3-6-4-10-7(5-9-6)8(11)12/h2-5H,1H3,(H,11,12)/b3-2+. The van der Waals surface area contributed by atoms with Crippen molar-refractivity contribution < 1.29 is 9.90 Å². The maximum atomic E-state index is 10.3. The summed E-state index contributed by atoms with van der Waals surface area (Å²) in [5.41, 5.74) is 0.616. The van der Waals surface area contributed by atoms with Gasteiger partial charge in [-0.15, -0.1) is 0 Å². The Morgan fingerprint density at radius 2 is 2.25 bits per heavy atom. The Hall–Kier alpha value is -1.71. The molecule has 0 bridgehead atoms. The summed E-state index contributed by atoms with van der Waals surface area (Å²) >= 11 is 0. The average Bonchev–Trinajstić information content (AvgIpc) is 2.06. The molecule has 0 aliphatic rings. The molecular weight excluding hydrogens is 156 g/mol. The zero-order chi connectivity index (χ0) is 8.97. The summed E-state index contributed by atoms with van der Waals surface area (Å²) < 4.78 is 0. The van der Waals surface area contributed by atoms with Gasteiger partial charge in [-0.2, -0.15) is 0 Å². The van der Waals surface area contributed by atoms with Crippen LogP contribution in [-0.2, 0) is 0 Å². The van der Waals surface area contributed by atoms with Crippen molar-refractivity contribution in [3.05, 3.63) is 29.9 Å². The topological polar surface area (TPSA) is 63.1 Å². The SMILES string of the molecule is C/C=C/c1cnc(C(=O)O)cn1. The fraction of sp³-hybridized carbons (Fsp3) is 0.125. The van der Waals surface area contributed by atoms with E-state index in [1.54, 1.807) is 6.08 Å². The summed E-state index contributed by atoms with van der Waals surface area (Å²) in [6, 6.07) is 0. The van der Waals surface area contributed by atoms with Gasteiger partial charge < -0.3 is 5.11 Å². The Balaban J connectivity index is 2.93. The normalized spacial score (nSPS) is 10.4. The lowest BCUT2D eigenvalue weighted by Gasteiger charge is -1.92. The molecule has 0 fully saturated rings. The third kappa shape index (κ3) is 1.88. The van der Waals surface area contributed by atoms with Gasteiger partial charge in [0.2, 0.25) is 0 Å². The van der Waals surface area contributed by atoms with Crippen LogP contribution in [0.4, 0.5) is 0 Å². The number of rotatable bonds is 2.